The van der Waals surface area contributed by atoms with Crippen LogP contribution in [-0.2, 0) is 4.79 Å². The second kappa shape index (κ2) is 7.43. The van der Waals surface area contributed by atoms with Crippen LogP contribution in [0.25, 0.3) is 6.08 Å². The van der Waals surface area contributed by atoms with Crippen molar-refractivity contribution in [1.29, 1.82) is 0 Å². The number of fused-ring (bicyclic) bond motifs is 1. The molecule has 1 amide bonds. The van der Waals surface area contributed by atoms with Gasteiger partial charge < -0.3 is 19.1 Å². The molecule has 7 heteroatoms. The zero-order valence-electron chi connectivity index (χ0n) is 14.2. The highest BCUT2D eigenvalue weighted by atomic mass is 16.7. The fourth-order valence-electron chi connectivity index (χ4n) is 3.05. The van der Waals surface area contributed by atoms with E-state index in [1.807, 2.05) is 18.2 Å². The molecule has 0 N–H and O–H groups in total. The quantitative estimate of drug-likeness (QED) is 0.785. The van der Waals surface area contributed by atoms with Crippen LogP contribution in [0.15, 0.2) is 42.6 Å². The molecule has 1 aromatic heterocycles. The maximum Gasteiger partial charge on any atom is 0.246 e. The molecule has 0 saturated carbocycles. The van der Waals surface area contributed by atoms with Crippen LogP contribution in [-0.4, -0.2) is 47.0 Å². The molecule has 26 heavy (non-hydrogen) atoms. The first kappa shape index (κ1) is 16.4. The van der Waals surface area contributed by atoms with Gasteiger partial charge in [-0.2, -0.15) is 5.10 Å². The number of piperidine rings is 1. The van der Waals surface area contributed by atoms with E-state index in [-0.39, 0.29) is 18.8 Å². The number of benzene rings is 1. The molecule has 4 rings (SSSR count). The summed E-state index contributed by atoms with van der Waals surface area (Å²) in [5, 5.41) is 7.74. The number of hydrogen-bond acceptors (Lipinski definition) is 6. The Labute approximate surface area is 151 Å². The molecule has 7 nitrogen and oxygen atoms in total. The van der Waals surface area contributed by atoms with Crippen LogP contribution in [0.5, 0.6) is 17.4 Å². The van der Waals surface area contributed by atoms with Gasteiger partial charge in [-0.15, -0.1) is 5.10 Å². The molecule has 2 aliphatic heterocycles. The Morgan fingerprint density at radius 2 is 2.19 bits per heavy atom. The van der Waals surface area contributed by atoms with Crippen LogP contribution in [0.3, 0.4) is 0 Å². The third-order valence-corrected chi connectivity index (χ3v) is 4.34. The van der Waals surface area contributed by atoms with Crippen molar-refractivity contribution in [3.8, 4) is 17.4 Å². The SMILES string of the molecule is O=C(/C=C/c1ccc2c(c1)OCO2)N1CCCC(Oc2cccnn2)C1. The average Bonchev–Trinajstić information content (AvgIpc) is 3.15. The fraction of sp³-hybridized carbons (Fsp3) is 0.316. The Bertz CT molecular complexity index is 810. The number of carbonyl (C=O) groups excluding carboxylic acids is 1. The van der Waals surface area contributed by atoms with Crippen LogP contribution >= 0.6 is 0 Å². The van der Waals surface area contributed by atoms with Crippen molar-refractivity contribution in [1.82, 2.24) is 15.1 Å². The number of ether oxygens (including phenoxy) is 3. The van der Waals surface area contributed by atoms with Crippen molar-refractivity contribution in [2.45, 2.75) is 18.9 Å². The maximum atomic E-state index is 12.5. The van der Waals surface area contributed by atoms with Gasteiger partial charge >= 0.3 is 0 Å². The maximum absolute atomic E-state index is 12.5. The Hall–Kier alpha value is -3.09. The molecule has 0 aliphatic carbocycles. The van der Waals surface area contributed by atoms with Crippen LogP contribution in [0.4, 0.5) is 0 Å². The Morgan fingerprint density at radius 3 is 3.08 bits per heavy atom. The normalized spacial score (nSPS) is 18.9. The first-order chi connectivity index (χ1) is 12.8. The van der Waals surface area contributed by atoms with Gasteiger partial charge in [0.05, 0.1) is 6.54 Å². The largest absolute Gasteiger partial charge is 0.471 e. The highest BCUT2D eigenvalue weighted by Gasteiger charge is 2.24. The van der Waals surface area contributed by atoms with Gasteiger partial charge in [-0.3, -0.25) is 4.79 Å². The minimum Gasteiger partial charge on any atom is -0.471 e. The van der Waals surface area contributed by atoms with E-state index in [0.717, 1.165) is 30.7 Å². The van der Waals surface area contributed by atoms with Crippen molar-refractivity contribution < 1.29 is 19.0 Å². The van der Waals surface area contributed by atoms with Crippen LogP contribution in [0.2, 0.25) is 0 Å². The molecule has 1 aromatic carbocycles. The van der Waals surface area contributed by atoms with Crippen molar-refractivity contribution in [2.75, 3.05) is 19.9 Å². The van der Waals surface area contributed by atoms with Crippen molar-refractivity contribution in [3.63, 3.8) is 0 Å². The number of amides is 1. The van der Waals surface area contributed by atoms with Gasteiger partial charge in [-0.05, 0) is 42.7 Å². The van der Waals surface area contributed by atoms with Gasteiger partial charge in [0.1, 0.15) is 6.10 Å². The third kappa shape index (κ3) is 3.77. The van der Waals surface area contributed by atoms with E-state index in [0.29, 0.717) is 18.2 Å². The van der Waals surface area contributed by atoms with Crippen LogP contribution < -0.4 is 14.2 Å². The van der Waals surface area contributed by atoms with E-state index in [9.17, 15) is 4.79 Å². The first-order valence-electron chi connectivity index (χ1n) is 8.59. The predicted molar refractivity (Wildman–Crippen MR) is 93.9 cm³/mol. The highest BCUT2D eigenvalue weighted by molar-refractivity contribution is 5.92. The van der Waals surface area contributed by atoms with Gasteiger partial charge in [0.15, 0.2) is 11.5 Å². The topological polar surface area (TPSA) is 73.8 Å². The number of likely N-dealkylation sites (tertiary alicyclic amines) is 1. The third-order valence-electron chi connectivity index (χ3n) is 4.34. The zero-order chi connectivity index (χ0) is 17.8. The molecule has 3 heterocycles. The summed E-state index contributed by atoms with van der Waals surface area (Å²) in [7, 11) is 0. The van der Waals surface area contributed by atoms with E-state index >= 15 is 0 Å². The van der Waals surface area contributed by atoms with Crippen molar-refractivity contribution >= 4 is 12.0 Å². The van der Waals surface area contributed by atoms with Gasteiger partial charge in [0, 0.05) is 24.9 Å². The summed E-state index contributed by atoms with van der Waals surface area (Å²) in [5.41, 5.74) is 0.895. The summed E-state index contributed by atoms with van der Waals surface area (Å²) in [4.78, 5) is 14.3. The van der Waals surface area contributed by atoms with Crippen molar-refractivity contribution in [3.05, 3.63) is 48.2 Å². The number of nitrogens with zero attached hydrogens (tertiary/aromatic N) is 3. The van der Waals surface area contributed by atoms with E-state index < -0.39 is 0 Å². The molecule has 0 spiro atoms. The van der Waals surface area contributed by atoms with E-state index in [2.05, 4.69) is 10.2 Å². The molecule has 0 bridgehead atoms. The molecular formula is C19H19N3O4. The molecule has 1 atom stereocenters. The van der Waals surface area contributed by atoms with Gasteiger partial charge in [-0.25, -0.2) is 0 Å². The van der Waals surface area contributed by atoms with E-state index in [4.69, 9.17) is 14.2 Å². The number of carbonyl (C=O) groups is 1. The second-order valence-corrected chi connectivity index (χ2v) is 6.17. The lowest BCUT2D eigenvalue weighted by molar-refractivity contribution is -0.128. The summed E-state index contributed by atoms with van der Waals surface area (Å²) in [6.45, 7) is 1.51. The summed E-state index contributed by atoms with van der Waals surface area (Å²) < 4.78 is 16.5. The minimum atomic E-state index is -0.0663. The molecule has 134 valence electrons. The van der Waals surface area contributed by atoms with E-state index in [1.165, 1.54) is 0 Å². The molecule has 2 aliphatic rings. The number of aromatic nitrogens is 2. The predicted octanol–water partition coefficient (Wildman–Crippen LogP) is 2.29. The molecule has 1 unspecified atom stereocenters. The smallest absolute Gasteiger partial charge is 0.246 e. The summed E-state index contributed by atoms with van der Waals surface area (Å²) in [6.07, 6.45) is 6.70. The monoisotopic (exact) mass is 353 g/mol. The minimum absolute atomic E-state index is 0.0323. The Kier molecular flexibility index (Phi) is 4.68. The fourth-order valence-corrected chi connectivity index (χ4v) is 3.05. The average molecular weight is 353 g/mol. The second-order valence-electron chi connectivity index (χ2n) is 6.17. The van der Waals surface area contributed by atoms with E-state index in [1.54, 1.807) is 35.4 Å². The summed E-state index contributed by atoms with van der Waals surface area (Å²) >= 11 is 0. The molecule has 0 radical (unpaired) electrons. The highest BCUT2D eigenvalue weighted by Crippen LogP contribution is 2.32. The Balaban J connectivity index is 1.36. The molecule has 1 saturated heterocycles. The molecule has 2 aromatic rings. The van der Waals surface area contributed by atoms with Gasteiger partial charge in [-0.1, -0.05) is 6.07 Å². The Morgan fingerprint density at radius 1 is 1.27 bits per heavy atom. The lowest BCUT2D eigenvalue weighted by Gasteiger charge is -2.31. The zero-order valence-corrected chi connectivity index (χ0v) is 14.2. The van der Waals surface area contributed by atoms with Crippen LogP contribution in [0, 0.1) is 0 Å². The lowest BCUT2D eigenvalue weighted by Crippen LogP contribution is -2.43. The standard InChI is InChI=1S/C19H19N3O4/c23-19(8-6-14-5-7-16-17(11-14)25-13-24-16)22-10-2-3-15(12-22)26-18-4-1-9-20-21-18/h1,4-9,11,15H,2-3,10,12-13H2/b8-6+. The molecular weight excluding hydrogens is 334 g/mol. The number of rotatable bonds is 4. The van der Waals surface area contributed by atoms with Crippen molar-refractivity contribution in [2.24, 2.45) is 0 Å². The first-order valence-corrected chi connectivity index (χ1v) is 8.59. The van der Waals surface area contributed by atoms with Gasteiger partial charge in [0.25, 0.3) is 0 Å². The van der Waals surface area contributed by atoms with Gasteiger partial charge in [0.2, 0.25) is 18.6 Å². The van der Waals surface area contributed by atoms with Crippen LogP contribution in [0.1, 0.15) is 18.4 Å². The number of hydrogen-bond donors (Lipinski definition) is 0. The molecule has 1 fully saturated rings. The summed E-state index contributed by atoms with van der Waals surface area (Å²) in [6, 6.07) is 9.16. The lowest BCUT2D eigenvalue weighted by atomic mass is 10.1. The summed E-state index contributed by atoms with van der Waals surface area (Å²) in [5.74, 6) is 1.89.